The second kappa shape index (κ2) is 64.8. The van der Waals surface area contributed by atoms with Crippen LogP contribution in [0.2, 0.25) is 0 Å². The highest BCUT2D eigenvalue weighted by Gasteiger charge is 2.19. The average molecular weight is 1080 g/mol. The summed E-state index contributed by atoms with van der Waals surface area (Å²) in [5.74, 6) is -0.952. The summed E-state index contributed by atoms with van der Waals surface area (Å²) in [7, 11) is 0. The number of allylic oxidation sites excluding steroid dienone is 24. The second-order valence-electron chi connectivity index (χ2n) is 20.5. The lowest BCUT2D eigenvalue weighted by atomic mass is 10.1. The van der Waals surface area contributed by atoms with Gasteiger partial charge in [0.1, 0.15) is 13.2 Å². The van der Waals surface area contributed by atoms with Crippen LogP contribution in [-0.2, 0) is 28.6 Å². The van der Waals surface area contributed by atoms with E-state index >= 15 is 0 Å². The van der Waals surface area contributed by atoms with Crippen molar-refractivity contribution in [3.8, 4) is 0 Å². The van der Waals surface area contributed by atoms with Gasteiger partial charge in [-0.25, -0.2) is 0 Å². The first-order valence-corrected chi connectivity index (χ1v) is 31.8. The number of hydrogen-bond acceptors (Lipinski definition) is 6. The van der Waals surface area contributed by atoms with E-state index in [2.05, 4.69) is 167 Å². The lowest BCUT2D eigenvalue weighted by Crippen LogP contribution is -2.30. The highest BCUT2D eigenvalue weighted by atomic mass is 16.6. The van der Waals surface area contributed by atoms with Crippen LogP contribution in [0.5, 0.6) is 0 Å². The summed E-state index contributed by atoms with van der Waals surface area (Å²) in [5, 5.41) is 0. The van der Waals surface area contributed by atoms with Crippen LogP contribution in [0, 0.1) is 0 Å². The molecule has 0 aromatic carbocycles. The topological polar surface area (TPSA) is 78.9 Å². The fourth-order valence-electron chi connectivity index (χ4n) is 8.35. The van der Waals surface area contributed by atoms with E-state index in [0.717, 1.165) is 161 Å². The van der Waals surface area contributed by atoms with Crippen LogP contribution < -0.4 is 0 Å². The van der Waals surface area contributed by atoms with Crippen molar-refractivity contribution in [3.05, 3.63) is 146 Å². The van der Waals surface area contributed by atoms with Gasteiger partial charge in [0, 0.05) is 19.3 Å². The van der Waals surface area contributed by atoms with Gasteiger partial charge in [-0.1, -0.05) is 256 Å². The van der Waals surface area contributed by atoms with E-state index in [0.29, 0.717) is 19.3 Å². The minimum atomic E-state index is -0.806. The van der Waals surface area contributed by atoms with Crippen molar-refractivity contribution < 1.29 is 28.6 Å². The zero-order valence-corrected chi connectivity index (χ0v) is 50.4. The van der Waals surface area contributed by atoms with Crippen molar-refractivity contribution in [2.24, 2.45) is 0 Å². The Kier molecular flexibility index (Phi) is 60.9. The standard InChI is InChI=1S/C72H116O6/c1-4-7-10-13-16-19-22-25-27-29-30-31-32-33-34-35-36-37-38-39-40-41-42-43-45-47-50-53-56-59-62-65-71(74)77-68-69(67-76-70(73)64-61-58-55-52-49-46-24-21-18-15-12-9-6-3)78-72(75)66-63-60-57-54-51-48-44-28-26-23-20-17-14-11-8-5-2/h7,9-10,12,16,18-21,23,25,27-28,30-31,33-34,36-37,39-40,44,46,49,69H,4-6,8,11,13-15,17,22,24,26,29,32,35,38,41-43,45,47-48,50-68H2,1-3H3/b10-7-,12-9-,19-16-,21-18-,23-20-,27-25-,31-30-,34-33-,37-36-,40-39-,44-28-,49-46-. The fraction of sp³-hybridized carbons (Fsp3) is 0.625. The Labute approximate surface area is 480 Å². The summed E-state index contributed by atoms with van der Waals surface area (Å²) >= 11 is 0. The van der Waals surface area contributed by atoms with E-state index in [1.807, 2.05) is 0 Å². The van der Waals surface area contributed by atoms with Crippen LogP contribution in [0.25, 0.3) is 0 Å². The molecule has 78 heavy (non-hydrogen) atoms. The normalized spacial score (nSPS) is 13.1. The molecule has 0 aliphatic rings. The van der Waals surface area contributed by atoms with Crippen LogP contribution in [0.3, 0.4) is 0 Å². The minimum Gasteiger partial charge on any atom is -0.462 e. The molecule has 0 aliphatic heterocycles. The molecular weight excluding hydrogens is 961 g/mol. The van der Waals surface area contributed by atoms with Crippen LogP contribution in [0.4, 0.5) is 0 Å². The van der Waals surface area contributed by atoms with Gasteiger partial charge in [0.2, 0.25) is 0 Å². The van der Waals surface area contributed by atoms with Crippen LogP contribution in [0.1, 0.15) is 271 Å². The van der Waals surface area contributed by atoms with Gasteiger partial charge >= 0.3 is 17.9 Å². The number of unbranched alkanes of at least 4 members (excludes halogenated alkanes) is 21. The number of esters is 3. The highest BCUT2D eigenvalue weighted by molar-refractivity contribution is 5.71. The largest absolute Gasteiger partial charge is 0.462 e. The molecular formula is C72H116O6. The fourth-order valence-corrected chi connectivity index (χ4v) is 8.35. The summed E-state index contributed by atoms with van der Waals surface area (Å²) in [5.41, 5.74) is 0. The van der Waals surface area contributed by atoms with E-state index in [1.165, 1.54) is 70.6 Å². The Morgan fingerprint density at radius 3 is 0.795 bits per heavy atom. The van der Waals surface area contributed by atoms with Gasteiger partial charge < -0.3 is 14.2 Å². The third kappa shape index (κ3) is 62.1. The molecule has 0 aromatic heterocycles. The first-order chi connectivity index (χ1) is 38.5. The lowest BCUT2D eigenvalue weighted by Gasteiger charge is -2.18. The third-order valence-electron chi connectivity index (χ3n) is 13.1. The van der Waals surface area contributed by atoms with Crippen molar-refractivity contribution in [2.75, 3.05) is 13.2 Å². The molecule has 0 fully saturated rings. The monoisotopic (exact) mass is 1080 g/mol. The van der Waals surface area contributed by atoms with Crippen LogP contribution in [0.15, 0.2) is 146 Å². The number of rotatable bonds is 56. The molecule has 0 saturated carbocycles. The maximum atomic E-state index is 12.9. The third-order valence-corrected chi connectivity index (χ3v) is 13.1. The number of carbonyl (C=O) groups is 3. The van der Waals surface area contributed by atoms with Crippen molar-refractivity contribution >= 4 is 17.9 Å². The Morgan fingerprint density at radius 1 is 0.269 bits per heavy atom. The van der Waals surface area contributed by atoms with Gasteiger partial charge in [-0.3, -0.25) is 14.4 Å². The SMILES string of the molecule is CC/C=C\C/C=C\C/C=C\C/C=C\C/C=C\C/C=C\C/C=C\CCCCCCCCCCCC(=O)OCC(COC(=O)CCCCC/C=C\C/C=C\C/C=C\CC)OC(=O)CCCCCCC/C=C\C/C=C\CCCCCC. The Balaban J connectivity index is 4.33. The molecule has 0 bridgehead atoms. The van der Waals surface area contributed by atoms with Crippen molar-refractivity contribution in [3.63, 3.8) is 0 Å². The maximum absolute atomic E-state index is 12.9. The number of ether oxygens (including phenoxy) is 3. The predicted octanol–water partition coefficient (Wildman–Crippen LogP) is 21.9. The summed E-state index contributed by atoms with van der Waals surface area (Å²) in [6, 6.07) is 0. The second-order valence-corrected chi connectivity index (χ2v) is 20.5. The zero-order valence-electron chi connectivity index (χ0n) is 50.4. The molecule has 6 heteroatoms. The molecule has 0 spiro atoms. The molecule has 440 valence electrons. The average Bonchev–Trinajstić information content (AvgIpc) is 3.44. The van der Waals surface area contributed by atoms with Crippen LogP contribution in [-0.4, -0.2) is 37.2 Å². The van der Waals surface area contributed by atoms with Gasteiger partial charge in [0.05, 0.1) is 0 Å². The Morgan fingerprint density at radius 2 is 0.500 bits per heavy atom. The highest BCUT2D eigenvalue weighted by Crippen LogP contribution is 2.14. The van der Waals surface area contributed by atoms with Gasteiger partial charge in [0.25, 0.3) is 0 Å². The first kappa shape index (κ1) is 73.3. The first-order valence-electron chi connectivity index (χ1n) is 31.8. The molecule has 0 aromatic rings. The molecule has 0 saturated heterocycles. The van der Waals surface area contributed by atoms with Crippen molar-refractivity contribution in [1.29, 1.82) is 0 Å². The van der Waals surface area contributed by atoms with E-state index in [4.69, 9.17) is 14.2 Å². The molecule has 0 rings (SSSR count). The molecule has 0 N–H and O–H groups in total. The summed E-state index contributed by atoms with van der Waals surface area (Å²) in [4.78, 5) is 38.2. The molecule has 1 unspecified atom stereocenters. The summed E-state index contributed by atoms with van der Waals surface area (Å²) in [6.45, 7) is 6.35. The molecule has 0 aliphatic carbocycles. The van der Waals surface area contributed by atoms with Gasteiger partial charge in [-0.2, -0.15) is 0 Å². The number of carbonyl (C=O) groups excluding carboxylic acids is 3. The Hall–Kier alpha value is -4.71. The molecule has 0 heterocycles. The van der Waals surface area contributed by atoms with E-state index in [9.17, 15) is 14.4 Å². The Bertz CT molecular complexity index is 1710. The smallest absolute Gasteiger partial charge is 0.306 e. The van der Waals surface area contributed by atoms with Crippen LogP contribution >= 0.6 is 0 Å². The minimum absolute atomic E-state index is 0.101. The molecule has 0 amide bonds. The lowest BCUT2D eigenvalue weighted by molar-refractivity contribution is -0.167. The summed E-state index contributed by atoms with van der Waals surface area (Å²) < 4.78 is 16.9. The zero-order chi connectivity index (χ0) is 56.4. The summed E-state index contributed by atoms with van der Waals surface area (Å²) in [6.07, 6.45) is 92.8. The maximum Gasteiger partial charge on any atom is 0.306 e. The van der Waals surface area contributed by atoms with Gasteiger partial charge in [-0.05, 0) is 141 Å². The van der Waals surface area contributed by atoms with Crippen molar-refractivity contribution in [2.45, 2.75) is 277 Å². The van der Waals surface area contributed by atoms with Gasteiger partial charge in [0.15, 0.2) is 6.10 Å². The molecule has 1 atom stereocenters. The van der Waals surface area contributed by atoms with E-state index in [-0.39, 0.29) is 31.1 Å². The molecule has 0 radical (unpaired) electrons. The van der Waals surface area contributed by atoms with E-state index < -0.39 is 6.10 Å². The molecule has 6 nitrogen and oxygen atoms in total. The van der Waals surface area contributed by atoms with Crippen molar-refractivity contribution in [1.82, 2.24) is 0 Å². The number of hydrogen-bond donors (Lipinski definition) is 0. The van der Waals surface area contributed by atoms with Gasteiger partial charge in [-0.15, -0.1) is 0 Å². The predicted molar refractivity (Wildman–Crippen MR) is 339 cm³/mol. The van der Waals surface area contributed by atoms with E-state index in [1.54, 1.807) is 0 Å². The quantitative estimate of drug-likeness (QED) is 0.0261.